The molecule has 5 rings (SSSR count). The van der Waals surface area contributed by atoms with Gasteiger partial charge in [-0.15, -0.1) is 0 Å². The van der Waals surface area contributed by atoms with Crippen molar-refractivity contribution in [1.29, 1.82) is 0 Å². The third-order valence-corrected chi connectivity index (χ3v) is 8.12. The molecule has 4 bridgehead atoms. The molecule has 174 valence electrons. The molecule has 6 nitrogen and oxygen atoms in total. The number of Topliss-reactive ketones (excluding diaryl/α,β-unsaturated/α-hetero) is 1. The van der Waals surface area contributed by atoms with E-state index in [-0.39, 0.29) is 23.7 Å². The Bertz CT molecular complexity index is 817. The van der Waals surface area contributed by atoms with Crippen LogP contribution in [-0.4, -0.2) is 49.4 Å². The third kappa shape index (κ3) is 4.98. The summed E-state index contributed by atoms with van der Waals surface area (Å²) in [4.78, 5) is 38.6. The number of hydrogen-bond donors (Lipinski definition) is 1. The van der Waals surface area contributed by atoms with E-state index in [2.05, 4.69) is 5.32 Å². The van der Waals surface area contributed by atoms with E-state index in [1.165, 1.54) is 19.3 Å². The van der Waals surface area contributed by atoms with Gasteiger partial charge in [-0.3, -0.25) is 9.59 Å². The number of methoxy groups -OCH3 is 1. The van der Waals surface area contributed by atoms with E-state index >= 15 is 0 Å². The van der Waals surface area contributed by atoms with Crippen LogP contribution in [0.3, 0.4) is 0 Å². The van der Waals surface area contributed by atoms with Gasteiger partial charge in [-0.25, -0.2) is 4.79 Å². The average molecular weight is 460 g/mol. The number of thioether (sulfide) groups is 1. The predicted octanol–water partition coefficient (Wildman–Crippen LogP) is 3.88. The smallest absolute Gasteiger partial charge is 0.329 e. The lowest BCUT2D eigenvalue weighted by atomic mass is 9.49. The summed E-state index contributed by atoms with van der Waals surface area (Å²) in [7, 11) is 1.56. The van der Waals surface area contributed by atoms with Gasteiger partial charge in [0.25, 0.3) is 0 Å². The number of benzene rings is 1. The quantitative estimate of drug-likeness (QED) is 0.422. The maximum Gasteiger partial charge on any atom is 0.329 e. The Kier molecular flexibility index (Phi) is 7.13. The van der Waals surface area contributed by atoms with Gasteiger partial charge in [0, 0.05) is 11.0 Å². The Morgan fingerprint density at radius 3 is 2.19 bits per heavy atom. The highest BCUT2D eigenvalue weighted by atomic mass is 32.2. The third-order valence-electron chi connectivity index (χ3n) is 7.48. The van der Waals surface area contributed by atoms with Gasteiger partial charge in [0.2, 0.25) is 5.91 Å². The van der Waals surface area contributed by atoms with Crippen molar-refractivity contribution < 1.29 is 23.9 Å². The van der Waals surface area contributed by atoms with Crippen LogP contribution in [0.1, 0.15) is 55.3 Å². The first-order valence-corrected chi connectivity index (χ1v) is 13.0. The lowest BCUT2D eigenvalue weighted by Crippen LogP contribution is -2.56. The van der Waals surface area contributed by atoms with E-state index in [1.807, 2.05) is 6.26 Å². The van der Waals surface area contributed by atoms with Crippen LogP contribution < -0.4 is 10.1 Å². The molecule has 1 aromatic rings. The molecule has 4 aliphatic carbocycles. The number of rotatable bonds is 10. The minimum absolute atomic E-state index is 0.0149. The first-order valence-electron chi connectivity index (χ1n) is 11.6. The molecule has 1 amide bonds. The molecule has 1 atom stereocenters. The molecule has 4 fully saturated rings. The second kappa shape index (κ2) is 9.86. The lowest BCUT2D eigenvalue weighted by Gasteiger charge is -2.55. The fourth-order valence-corrected chi connectivity index (χ4v) is 6.75. The number of ether oxygens (including phenoxy) is 2. The van der Waals surface area contributed by atoms with Gasteiger partial charge < -0.3 is 14.8 Å². The zero-order valence-corrected chi connectivity index (χ0v) is 19.7. The molecule has 0 radical (unpaired) electrons. The van der Waals surface area contributed by atoms with Crippen molar-refractivity contribution in [2.45, 2.75) is 51.0 Å². The Morgan fingerprint density at radius 2 is 1.66 bits per heavy atom. The van der Waals surface area contributed by atoms with Crippen LogP contribution in [0.4, 0.5) is 0 Å². The van der Waals surface area contributed by atoms with E-state index in [9.17, 15) is 14.4 Å². The minimum atomic E-state index is -0.716. The topological polar surface area (TPSA) is 81.7 Å². The van der Waals surface area contributed by atoms with Crippen LogP contribution in [0.25, 0.3) is 0 Å². The van der Waals surface area contributed by atoms with E-state index in [4.69, 9.17) is 9.47 Å². The molecule has 0 aromatic heterocycles. The number of esters is 1. The molecule has 0 unspecified atom stereocenters. The van der Waals surface area contributed by atoms with Crippen LogP contribution in [0.5, 0.6) is 5.75 Å². The highest BCUT2D eigenvalue weighted by molar-refractivity contribution is 7.98. The van der Waals surface area contributed by atoms with Crippen molar-refractivity contribution in [3.8, 4) is 5.75 Å². The SMILES string of the molecule is COc1ccc(C(=O)COC(=O)[C@H](CCSC)NC(=O)C23CC4CC(CC(C4)C2)C3)cc1. The maximum atomic E-state index is 13.4. The number of carbonyl (C=O) groups is 3. The van der Waals surface area contributed by atoms with E-state index in [1.54, 1.807) is 43.1 Å². The fraction of sp³-hybridized carbons (Fsp3) is 0.640. The summed E-state index contributed by atoms with van der Waals surface area (Å²) >= 11 is 1.62. The summed E-state index contributed by atoms with van der Waals surface area (Å²) in [5, 5.41) is 3.03. The van der Waals surface area contributed by atoms with Crippen molar-refractivity contribution in [2.24, 2.45) is 23.2 Å². The van der Waals surface area contributed by atoms with E-state index < -0.39 is 12.0 Å². The monoisotopic (exact) mass is 459 g/mol. The largest absolute Gasteiger partial charge is 0.497 e. The van der Waals surface area contributed by atoms with Crippen LogP contribution >= 0.6 is 11.8 Å². The van der Waals surface area contributed by atoms with Crippen molar-refractivity contribution in [2.75, 3.05) is 25.7 Å². The predicted molar refractivity (Wildman–Crippen MR) is 124 cm³/mol. The highest BCUT2D eigenvalue weighted by Gasteiger charge is 2.55. The van der Waals surface area contributed by atoms with Crippen molar-refractivity contribution in [3.05, 3.63) is 29.8 Å². The van der Waals surface area contributed by atoms with Gasteiger partial charge in [0.15, 0.2) is 12.4 Å². The standard InChI is InChI=1S/C25H33NO5S/c1-30-20-5-3-19(4-6-20)22(27)15-31-23(28)21(7-8-32-2)26-24(29)25-12-16-9-17(13-25)11-18(10-16)14-25/h3-6,16-18,21H,7-15H2,1-2H3,(H,26,29)/t16?,17?,18?,21-,25?/m0/s1. The molecule has 7 heteroatoms. The molecule has 0 heterocycles. The van der Waals surface area contributed by atoms with Gasteiger partial charge in [-0.05, 0) is 99.0 Å². The molecule has 32 heavy (non-hydrogen) atoms. The van der Waals surface area contributed by atoms with Gasteiger partial charge in [0.1, 0.15) is 11.8 Å². The highest BCUT2D eigenvalue weighted by Crippen LogP contribution is 2.60. The minimum Gasteiger partial charge on any atom is -0.497 e. The summed E-state index contributed by atoms with van der Waals surface area (Å²) in [6, 6.07) is 5.97. The zero-order valence-electron chi connectivity index (χ0n) is 18.9. The van der Waals surface area contributed by atoms with Gasteiger partial charge in [-0.2, -0.15) is 11.8 Å². The Morgan fingerprint density at radius 1 is 1.06 bits per heavy atom. The molecule has 0 spiro atoms. The molecule has 1 N–H and O–H groups in total. The number of amides is 1. The number of carbonyl (C=O) groups excluding carboxylic acids is 3. The second-order valence-electron chi connectivity index (χ2n) is 9.76. The summed E-state index contributed by atoms with van der Waals surface area (Å²) < 4.78 is 10.5. The number of ketones is 1. The Balaban J connectivity index is 1.36. The summed E-state index contributed by atoms with van der Waals surface area (Å²) in [6.07, 6.45) is 9.10. The first kappa shape index (κ1) is 23.1. The average Bonchev–Trinajstić information content (AvgIpc) is 2.79. The van der Waals surface area contributed by atoms with E-state index in [0.29, 0.717) is 35.5 Å². The molecule has 4 saturated carbocycles. The van der Waals surface area contributed by atoms with Crippen LogP contribution in [0.2, 0.25) is 0 Å². The molecular formula is C25H33NO5S. The maximum absolute atomic E-state index is 13.4. The van der Waals surface area contributed by atoms with Gasteiger partial charge in [-0.1, -0.05) is 0 Å². The van der Waals surface area contributed by atoms with Crippen LogP contribution in [0.15, 0.2) is 24.3 Å². The fourth-order valence-electron chi connectivity index (χ4n) is 6.28. The van der Waals surface area contributed by atoms with Gasteiger partial charge in [0.05, 0.1) is 7.11 Å². The van der Waals surface area contributed by atoms with Crippen molar-refractivity contribution in [3.63, 3.8) is 0 Å². The Hall–Kier alpha value is -2.02. The molecule has 0 saturated heterocycles. The summed E-state index contributed by atoms with van der Waals surface area (Å²) in [5.74, 6) is 2.57. The normalized spacial score (nSPS) is 28.8. The summed E-state index contributed by atoms with van der Waals surface area (Å²) in [6.45, 7) is -0.339. The van der Waals surface area contributed by atoms with Gasteiger partial charge >= 0.3 is 5.97 Å². The molecular weight excluding hydrogens is 426 g/mol. The second-order valence-corrected chi connectivity index (χ2v) is 10.8. The number of nitrogens with one attached hydrogen (secondary N) is 1. The summed E-state index contributed by atoms with van der Waals surface area (Å²) in [5.41, 5.74) is 0.141. The van der Waals surface area contributed by atoms with E-state index in [0.717, 1.165) is 25.0 Å². The van der Waals surface area contributed by atoms with Crippen LogP contribution in [0, 0.1) is 23.2 Å². The zero-order chi connectivity index (χ0) is 22.7. The lowest BCUT2D eigenvalue weighted by molar-refractivity contribution is -0.153. The molecule has 1 aromatic carbocycles. The molecule has 4 aliphatic rings. The van der Waals surface area contributed by atoms with Crippen molar-refractivity contribution in [1.82, 2.24) is 5.32 Å². The van der Waals surface area contributed by atoms with Crippen molar-refractivity contribution >= 4 is 29.4 Å². The van der Waals surface area contributed by atoms with Crippen LogP contribution in [-0.2, 0) is 14.3 Å². The first-order chi connectivity index (χ1) is 15.4. The molecule has 0 aliphatic heterocycles. The Labute approximate surface area is 194 Å². The number of hydrogen-bond acceptors (Lipinski definition) is 6.